The Hall–Kier alpha value is -0.740. The number of carbonyl (C=O) groups is 1. The molecule has 0 spiro atoms. The molecule has 1 saturated heterocycles. The van der Waals surface area contributed by atoms with Gasteiger partial charge in [0.2, 0.25) is 5.91 Å². The maximum atomic E-state index is 12.4. The lowest BCUT2D eigenvalue weighted by Crippen LogP contribution is -2.46. The molecule has 0 bridgehead atoms. The van der Waals surface area contributed by atoms with E-state index in [-0.39, 0.29) is 18.1 Å². The highest BCUT2D eigenvalue weighted by Gasteiger charge is 2.29. The van der Waals surface area contributed by atoms with E-state index in [2.05, 4.69) is 21.6 Å². The minimum absolute atomic E-state index is 0.0311. The van der Waals surface area contributed by atoms with Crippen molar-refractivity contribution in [2.75, 3.05) is 18.8 Å². The molecular weight excluding hydrogens is 358 g/mol. The maximum absolute atomic E-state index is 12.4. The van der Waals surface area contributed by atoms with Crippen molar-refractivity contribution in [3.05, 3.63) is 26.3 Å². The summed E-state index contributed by atoms with van der Waals surface area (Å²) in [4.78, 5) is 14.3. The number of amides is 1. The normalized spacial score (nSPS) is 22.0. The Labute approximate surface area is 145 Å². The number of rotatable bonds is 4. The molecule has 0 radical (unpaired) electrons. The molecule has 5 nitrogen and oxygen atoms in total. The highest BCUT2D eigenvalue weighted by atomic mass is 32.2. The lowest BCUT2D eigenvalue weighted by atomic mass is 10.1. The third-order valence-corrected chi connectivity index (χ3v) is 6.18. The van der Waals surface area contributed by atoms with Crippen molar-refractivity contribution >= 4 is 52.6 Å². The number of aromatic nitrogens is 2. The lowest BCUT2D eigenvalue weighted by Gasteiger charge is -2.36. The molecule has 22 heavy (non-hydrogen) atoms. The molecule has 2 aromatic rings. The van der Waals surface area contributed by atoms with E-state index in [1.165, 1.54) is 23.1 Å². The summed E-state index contributed by atoms with van der Waals surface area (Å²) in [6.07, 6.45) is 0.0106. The molecule has 0 saturated carbocycles. The first-order valence-electron chi connectivity index (χ1n) is 6.75. The molecule has 9 heteroatoms. The fraction of sp³-hybridized carbons (Fsp3) is 0.462. The molecule has 2 aromatic heterocycles. The number of hydrogen-bond acceptors (Lipinski definition) is 7. The van der Waals surface area contributed by atoms with Gasteiger partial charge in [-0.05, 0) is 41.5 Å². The van der Waals surface area contributed by atoms with Crippen LogP contribution in [0.3, 0.4) is 0 Å². The van der Waals surface area contributed by atoms with E-state index >= 15 is 0 Å². The van der Waals surface area contributed by atoms with Crippen molar-refractivity contribution in [1.29, 1.82) is 0 Å². The van der Waals surface area contributed by atoms with Gasteiger partial charge in [-0.25, -0.2) is 0 Å². The molecule has 1 aliphatic heterocycles. The van der Waals surface area contributed by atoms with Gasteiger partial charge in [0.25, 0.3) is 0 Å². The van der Waals surface area contributed by atoms with Crippen molar-refractivity contribution in [3.63, 3.8) is 0 Å². The number of ether oxygens (including phenoxy) is 1. The van der Waals surface area contributed by atoms with E-state index in [4.69, 9.17) is 17.0 Å². The smallest absolute Gasteiger partial charge is 0.233 e. The summed E-state index contributed by atoms with van der Waals surface area (Å²) >= 11 is 9.45. The van der Waals surface area contributed by atoms with Crippen LogP contribution < -0.4 is 0 Å². The van der Waals surface area contributed by atoms with Crippen molar-refractivity contribution < 1.29 is 9.53 Å². The molecule has 3 rings (SSSR count). The Balaban J connectivity index is 1.60. The summed E-state index contributed by atoms with van der Waals surface area (Å²) in [6.45, 7) is 3.25. The summed E-state index contributed by atoms with van der Waals surface area (Å²) in [5.74, 6) is 0.487. The summed E-state index contributed by atoms with van der Waals surface area (Å²) in [6, 6.07) is 2.06. The number of nitrogens with one attached hydrogen (secondary N) is 1. The van der Waals surface area contributed by atoms with Crippen molar-refractivity contribution in [3.8, 4) is 0 Å². The van der Waals surface area contributed by atoms with Crippen molar-refractivity contribution in [2.45, 2.75) is 23.5 Å². The Morgan fingerprint density at radius 2 is 2.50 bits per heavy atom. The number of morpholine rings is 1. The number of thioether (sulfide) groups is 1. The Morgan fingerprint density at radius 1 is 1.64 bits per heavy atom. The summed E-state index contributed by atoms with van der Waals surface area (Å²) < 4.78 is 7.39. The van der Waals surface area contributed by atoms with Crippen molar-refractivity contribution in [1.82, 2.24) is 15.1 Å². The van der Waals surface area contributed by atoms with Gasteiger partial charge in [0.1, 0.15) is 6.10 Å². The zero-order chi connectivity index (χ0) is 15.5. The van der Waals surface area contributed by atoms with Crippen LogP contribution >= 0.6 is 46.7 Å². The molecule has 2 unspecified atom stereocenters. The second-order valence-electron chi connectivity index (χ2n) is 4.96. The van der Waals surface area contributed by atoms with Crippen LogP contribution in [0.1, 0.15) is 18.6 Å². The molecule has 1 N–H and O–H groups in total. The van der Waals surface area contributed by atoms with Gasteiger partial charge in [0.15, 0.2) is 8.29 Å². The topological polar surface area (TPSA) is 58.2 Å². The number of hydrogen-bond donors (Lipinski definition) is 1. The van der Waals surface area contributed by atoms with E-state index < -0.39 is 0 Å². The van der Waals surface area contributed by atoms with E-state index in [9.17, 15) is 4.79 Å². The fourth-order valence-electron chi connectivity index (χ4n) is 2.29. The maximum Gasteiger partial charge on any atom is 0.233 e. The second kappa shape index (κ2) is 7.22. The van der Waals surface area contributed by atoms with Gasteiger partial charge in [-0.3, -0.25) is 9.89 Å². The molecule has 1 amide bonds. The molecule has 3 heterocycles. The average molecular weight is 374 g/mol. The number of aromatic amines is 1. The largest absolute Gasteiger partial charge is 0.367 e. The Bertz CT molecular complexity index is 682. The Morgan fingerprint density at radius 3 is 3.18 bits per heavy atom. The van der Waals surface area contributed by atoms with Crippen LogP contribution in [0.4, 0.5) is 0 Å². The van der Waals surface area contributed by atoms with Crippen LogP contribution in [-0.4, -0.2) is 46.0 Å². The first kappa shape index (κ1) is 16.1. The van der Waals surface area contributed by atoms with Crippen molar-refractivity contribution in [2.24, 2.45) is 0 Å². The predicted octanol–water partition coefficient (Wildman–Crippen LogP) is 3.34. The van der Waals surface area contributed by atoms with E-state index in [0.717, 1.165) is 9.90 Å². The molecule has 2 atom stereocenters. The average Bonchev–Trinajstić information content (AvgIpc) is 3.15. The van der Waals surface area contributed by atoms with Crippen LogP contribution in [0.25, 0.3) is 0 Å². The minimum atomic E-state index is -0.0311. The van der Waals surface area contributed by atoms with Crippen LogP contribution in [0.5, 0.6) is 0 Å². The standard InChI is InChI=1S/C13H15N3O2S4/c1-8-4-16(5-10(18-8)9-2-3-20-6-9)11(17)7-21-13-15-14-12(19)22-13/h2-3,6,8,10H,4-5,7H2,1H3,(H,14,19). The first-order chi connectivity index (χ1) is 10.6. The van der Waals surface area contributed by atoms with E-state index in [0.29, 0.717) is 22.8 Å². The highest BCUT2D eigenvalue weighted by Crippen LogP contribution is 2.28. The number of H-pyrrole nitrogens is 1. The zero-order valence-electron chi connectivity index (χ0n) is 11.9. The van der Waals surface area contributed by atoms with Gasteiger partial charge in [-0.1, -0.05) is 23.1 Å². The Kier molecular flexibility index (Phi) is 5.29. The molecule has 118 valence electrons. The summed E-state index contributed by atoms with van der Waals surface area (Å²) in [5, 5.41) is 10.9. The van der Waals surface area contributed by atoms with E-state index in [1.807, 2.05) is 17.2 Å². The highest BCUT2D eigenvalue weighted by molar-refractivity contribution is 8.01. The van der Waals surface area contributed by atoms with Crippen LogP contribution in [-0.2, 0) is 9.53 Å². The molecule has 1 fully saturated rings. The molecule has 0 aromatic carbocycles. The second-order valence-corrected chi connectivity index (χ2v) is 8.63. The SMILES string of the molecule is CC1CN(C(=O)CSc2n[nH]c(=S)s2)CC(c2ccsc2)O1. The number of carbonyl (C=O) groups excluding carboxylic acids is 1. The zero-order valence-corrected chi connectivity index (χ0v) is 15.1. The third-order valence-electron chi connectivity index (χ3n) is 3.27. The van der Waals surface area contributed by atoms with Crippen LogP contribution in [0, 0.1) is 3.95 Å². The summed E-state index contributed by atoms with van der Waals surface area (Å²) in [7, 11) is 0. The van der Waals surface area contributed by atoms with Gasteiger partial charge in [0.05, 0.1) is 18.4 Å². The van der Waals surface area contributed by atoms with Gasteiger partial charge in [0, 0.05) is 6.54 Å². The first-order valence-corrected chi connectivity index (χ1v) is 9.91. The molecule has 1 aliphatic rings. The monoisotopic (exact) mass is 373 g/mol. The lowest BCUT2D eigenvalue weighted by molar-refractivity contribution is -0.142. The van der Waals surface area contributed by atoms with E-state index in [1.54, 1.807) is 11.3 Å². The van der Waals surface area contributed by atoms with Gasteiger partial charge < -0.3 is 9.64 Å². The minimum Gasteiger partial charge on any atom is -0.367 e. The van der Waals surface area contributed by atoms with Crippen LogP contribution in [0.15, 0.2) is 21.2 Å². The van der Waals surface area contributed by atoms with Crippen LogP contribution in [0.2, 0.25) is 0 Å². The fourth-order valence-corrected chi connectivity index (χ4v) is 4.98. The number of thiophene rings is 1. The summed E-state index contributed by atoms with van der Waals surface area (Å²) in [5.41, 5.74) is 1.15. The van der Waals surface area contributed by atoms with Gasteiger partial charge >= 0.3 is 0 Å². The predicted molar refractivity (Wildman–Crippen MR) is 92.2 cm³/mol. The molecule has 0 aliphatic carbocycles. The molecular formula is C13H15N3O2S4. The quantitative estimate of drug-likeness (QED) is 0.658. The third kappa shape index (κ3) is 3.96. The van der Waals surface area contributed by atoms with Gasteiger partial charge in [-0.2, -0.15) is 16.4 Å². The number of nitrogens with zero attached hydrogens (tertiary/aromatic N) is 2. The van der Waals surface area contributed by atoms with Gasteiger partial charge in [-0.15, -0.1) is 0 Å².